The van der Waals surface area contributed by atoms with Crippen molar-refractivity contribution in [1.82, 2.24) is 29.7 Å². The topological polar surface area (TPSA) is 112 Å². The van der Waals surface area contributed by atoms with E-state index in [0.717, 1.165) is 60.3 Å². The molecule has 1 saturated heterocycles. The second kappa shape index (κ2) is 8.49. The fourth-order valence-corrected chi connectivity index (χ4v) is 5.53. The molecule has 0 radical (unpaired) electrons. The first-order valence-corrected chi connectivity index (χ1v) is 12.1. The molecule has 3 aromatic heterocycles. The summed E-state index contributed by atoms with van der Waals surface area (Å²) in [5.41, 5.74) is 19.5. The van der Waals surface area contributed by atoms with Crippen LogP contribution in [-0.4, -0.2) is 37.5 Å². The van der Waals surface area contributed by atoms with Crippen LogP contribution in [0.1, 0.15) is 53.8 Å². The molecule has 8 nitrogen and oxygen atoms in total. The molecule has 1 atom stereocenters. The second-order valence-electron chi connectivity index (χ2n) is 9.62. The van der Waals surface area contributed by atoms with E-state index in [-0.39, 0.29) is 11.7 Å². The third-order valence-electron chi connectivity index (χ3n) is 7.41. The zero-order valence-electron chi connectivity index (χ0n) is 19.7. The Balaban J connectivity index is 1.44. The number of piperidine rings is 1. The summed E-state index contributed by atoms with van der Waals surface area (Å²) in [4.78, 5) is 4.29. The van der Waals surface area contributed by atoms with Crippen molar-refractivity contribution in [3.05, 3.63) is 70.6 Å². The molecule has 6 rings (SSSR count). The quantitative estimate of drug-likeness (QED) is 0.419. The molecule has 0 saturated carbocycles. The van der Waals surface area contributed by atoms with Gasteiger partial charge in [0.05, 0.1) is 12.2 Å². The SMILES string of the molecule is CC1Cc2c(nn(Cc3ccccc3F)c2N)C=C1c1cc(C2CCNCC2)n2ncnc(N)c12. The molecule has 9 heteroatoms. The van der Waals surface area contributed by atoms with E-state index in [4.69, 9.17) is 16.6 Å². The van der Waals surface area contributed by atoms with Crippen molar-refractivity contribution in [1.29, 1.82) is 0 Å². The van der Waals surface area contributed by atoms with Crippen molar-refractivity contribution >= 4 is 28.8 Å². The number of hydrogen-bond donors (Lipinski definition) is 3. The molecule has 0 spiro atoms. The Kier molecular flexibility index (Phi) is 5.29. The van der Waals surface area contributed by atoms with Gasteiger partial charge in [-0.25, -0.2) is 18.6 Å². The number of halogens is 1. The van der Waals surface area contributed by atoms with Gasteiger partial charge >= 0.3 is 0 Å². The van der Waals surface area contributed by atoms with Crippen LogP contribution in [0.4, 0.5) is 16.0 Å². The predicted molar refractivity (Wildman–Crippen MR) is 135 cm³/mol. The van der Waals surface area contributed by atoms with Gasteiger partial charge in [-0.1, -0.05) is 25.1 Å². The first-order chi connectivity index (χ1) is 17.0. The van der Waals surface area contributed by atoms with Crippen molar-refractivity contribution in [2.24, 2.45) is 5.92 Å². The van der Waals surface area contributed by atoms with E-state index in [1.54, 1.807) is 16.8 Å². The van der Waals surface area contributed by atoms with E-state index in [1.165, 1.54) is 18.1 Å². The van der Waals surface area contributed by atoms with Crippen LogP contribution < -0.4 is 16.8 Å². The molecule has 4 heterocycles. The number of nitrogen functional groups attached to an aromatic ring is 2. The Morgan fingerprint density at radius 1 is 1.17 bits per heavy atom. The van der Waals surface area contributed by atoms with Crippen LogP contribution in [0.5, 0.6) is 0 Å². The monoisotopic (exact) mass is 472 g/mol. The molecule has 2 aliphatic rings. The molecule has 35 heavy (non-hydrogen) atoms. The summed E-state index contributed by atoms with van der Waals surface area (Å²) in [6, 6.07) is 8.96. The average Bonchev–Trinajstić information content (AvgIpc) is 3.39. The first-order valence-electron chi connectivity index (χ1n) is 12.1. The van der Waals surface area contributed by atoms with Gasteiger partial charge in [0, 0.05) is 28.3 Å². The van der Waals surface area contributed by atoms with Gasteiger partial charge in [-0.3, -0.25) is 0 Å². The minimum atomic E-state index is -0.258. The summed E-state index contributed by atoms with van der Waals surface area (Å²) in [5.74, 6) is 1.41. The largest absolute Gasteiger partial charge is 0.384 e. The Labute approximate surface area is 202 Å². The molecular weight excluding hydrogens is 443 g/mol. The van der Waals surface area contributed by atoms with E-state index >= 15 is 0 Å². The summed E-state index contributed by atoms with van der Waals surface area (Å²) < 4.78 is 17.9. The number of rotatable bonds is 4. The van der Waals surface area contributed by atoms with Crippen molar-refractivity contribution in [2.45, 2.75) is 38.6 Å². The van der Waals surface area contributed by atoms with Crippen LogP contribution in [0.15, 0.2) is 36.7 Å². The zero-order valence-corrected chi connectivity index (χ0v) is 19.7. The Morgan fingerprint density at radius 2 is 1.97 bits per heavy atom. The molecule has 4 aromatic rings. The Morgan fingerprint density at radius 3 is 2.77 bits per heavy atom. The van der Waals surface area contributed by atoms with Crippen molar-refractivity contribution in [3.63, 3.8) is 0 Å². The lowest BCUT2D eigenvalue weighted by Crippen LogP contribution is -2.27. The summed E-state index contributed by atoms with van der Waals surface area (Å²) in [6.07, 6.45) is 6.50. The molecule has 0 amide bonds. The standard InChI is InChI=1S/C26H29FN8/c1-15-10-20-22(33-34(26(20)29)13-17-4-2-3-5-21(17)27)11-18(15)19-12-23(16-6-8-30-9-7-16)35-24(19)25(28)31-14-32-35/h2-5,11-12,14-16,30H,6-10,13,29H2,1H3,(H2,28,31,32). The van der Waals surface area contributed by atoms with Crippen LogP contribution >= 0.6 is 0 Å². The number of allylic oxidation sites excluding steroid dienone is 1. The van der Waals surface area contributed by atoms with E-state index in [0.29, 0.717) is 29.7 Å². The van der Waals surface area contributed by atoms with Gasteiger partial charge in [0.15, 0.2) is 5.82 Å². The summed E-state index contributed by atoms with van der Waals surface area (Å²) >= 11 is 0. The molecular formula is C26H29FN8. The van der Waals surface area contributed by atoms with Crippen LogP contribution in [0, 0.1) is 11.7 Å². The third kappa shape index (κ3) is 3.67. The third-order valence-corrected chi connectivity index (χ3v) is 7.41. The summed E-state index contributed by atoms with van der Waals surface area (Å²) in [6.45, 7) is 4.47. The number of nitrogens with two attached hydrogens (primary N) is 2. The second-order valence-corrected chi connectivity index (χ2v) is 9.62. The molecule has 180 valence electrons. The number of hydrogen-bond acceptors (Lipinski definition) is 6. The number of benzene rings is 1. The summed E-state index contributed by atoms with van der Waals surface area (Å²) in [5, 5.41) is 12.8. The molecule has 1 fully saturated rings. The van der Waals surface area contributed by atoms with Gasteiger partial charge in [-0.05, 0) is 62.1 Å². The first kappa shape index (κ1) is 21.8. The number of aromatic nitrogens is 5. The molecule has 5 N–H and O–H groups in total. The molecule has 0 bridgehead atoms. The highest BCUT2D eigenvalue weighted by atomic mass is 19.1. The number of anilines is 2. The summed E-state index contributed by atoms with van der Waals surface area (Å²) in [7, 11) is 0. The molecule has 1 aliphatic heterocycles. The van der Waals surface area contributed by atoms with E-state index < -0.39 is 0 Å². The lowest BCUT2D eigenvalue weighted by Gasteiger charge is -2.22. The normalized spacial score (nSPS) is 18.6. The molecule has 1 unspecified atom stereocenters. The number of nitrogens with zero attached hydrogens (tertiary/aromatic N) is 5. The van der Waals surface area contributed by atoms with Gasteiger partial charge in [0.1, 0.15) is 23.5 Å². The number of fused-ring (bicyclic) bond motifs is 2. The molecule has 1 aliphatic carbocycles. The fraction of sp³-hybridized carbons (Fsp3) is 0.346. The van der Waals surface area contributed by atoms with Crippen molar-refractivity contribution in [3.8, 4) is 0 Å². The maximum atomic E-state index is 14.3. The van der Waals surface area contributed by atoms with Gasteiger partial charge in [0.2, 0.25) is 0 Å². The fourth-order valence-electron chi connectivity index (χ4n) is 5.53. The zero-order chi connectivity index (χ0) is 24.1. The highest BCUT2D eigenvalue weighted by molar-refractivity contribution is 5.94. The lowest BCUT2D eigenvalue weighted by molar-refractivity contribution is 0.448. The smallest absolute Gasteiger partial charge is 0.151 e. The highest BCUT2D eigenvalue weighted by Crippen LogP contribution is 2.41. The van der Waals surface area contributed by atoms with E-state index in [1.807, 2.05) is 10.6 Å². The van der Waals surface area contributed by atoms with Crippen LogP contribution in [0.25, 0.3) is 17.2 Å². The Bertz CT molecular complexity index is 1440. The van der Waals surface area contributed by atoms with Gasteiger partial charge in [0.25, 0.3) is 0 Å². The lowest BCUT2D eigenvalue weighted by atomic mass is 9.83. The van der Waals surface area contributed by atoms with Crippen molar-refractivity contribution < 1.29 is 4.39 Å². The van der Waals surface area contributed by atoms with Crippen LogP contribution in [0.3, 0.4) is 0 Å². The maximum absolute atomic E-state index is 14.3. The van der Waals surface area contributed by atoms with Gasteiger partial charge in [-0.15, -0.1) is 0 Å². The average molecular weight is 473 g/mol. The minimum Gasteiger partial charge on any atom is -0.384 e. The minimum absolute atomic E-state index is 0.197. The van der Waals surface area contributed by atoms with Crippen LogP contribution in [0.2, 0.25) is 0 Å². The Hall–Kier alpha value is -3.72. The predicted octanol–water partition coefficient (Wildman–Crippen LogP) is 3.48. The number of nitrogens with one attached hydrogen (secondary N) is 1. The van der Waals surface area contributed by atoms with Crippen LogP contribution in [-0.2, 0) is 13.0 Å². The maximum Gasteiger partial charge on any atom is 0.151 e. The van der Waals surface area contributed by atoms with E-state index in [2.05, 4.69) is 34.5 Å². The van der Waals surface area contributed by atoms with Crippen molar-refractivity contribution in [2.75, 3.05) is 24.6 Å². The van der Waals surface area contributed by atoms with Gasteiger partial charge in [-0.2, -0.15) is 10.2 Å². The molecule has 1 aromatic carbocycles. The highest BCUT2D eigenvalue weighted by Gasteiger charge is 2.29. The van der Waals surface area contributed by atoms with Gasteiger partial charge < -0.3 is 16.8 Å². The van der Waals surface area contributed by atoms with E-state index in [9.17, 15) is 4.39 Å².